The first-order valence-electron chi connectivity index (χ1n) is 8.92. The molecular weight excluding hydrogens is 350 g/mol. The number of aromatic hydroxyl groups is 1. The van der Waals surface area contributed by atoms with E-state index in [9.17, 15) is 15.2 Å². The van der Waals surface area contributed by atoms with E-state index in [1.165, 1.54) is 10.6 Å². The van der Waals surface area contributed by atoms with Gasteiger partial charge in [-0.3, -0.25) is 9.36 Å². The number of aromatic nitrogens is 1. The van der Waals surface area contributed by atoms with E-state index in [1.54, 1.807) is 6.92 Å². The lowest BCUT2D eigenvalue weighted by Gasteiger charge is -2.27. The Morgan fingerprint density at radius 1 is 1.11 bits per heavy atom. The molecule has 5 nitrogen and oxygen atoms in total. The topological polar surface area (TPSA) is 69.3 Å². The van der Waals surface area contributed by atoms with Gasteiger partial charge in [0.1, 0.15) is 11.6 Å². The van der Waals surface area contributed by atoms with E-state index in [4.69, 9.17) is 0 Å². The molecule has 2 aromatic carbocycles. The molecule has 3 rings (SSSR count). The molecule has 0 atom stereocenters. The van der Waals surface area contributed by atoms with E-state index in [1.807, 2.05) is 71.6 Å². The Balaban J connectivity index is 2.19. The average Bonchev–Trinajstić information content (AvgIpc) is 2.73. The summed E-state index contributed by atoms with van der Waals surface area (Å²) in [4.78, 5) is 14.6. The Hall–Kier alpha value is -3.78. The predicted octanol–water partition coefficient (Wildman–Crippen LogP) is 4.26. The number of benzene rings is 2. The zero-order valence-electron chi connectivity index (χ0n) is 15.7. The molecule has 0 unspecified atom stereocenters. The third-order valence-electron chi connectivity index (χ3n) is 4.69. The van der Waals surface area contributed by atoms with Crippen molar-refractivity contribution in [3.63, 3.8) is 0 Å². The molecule has 0 aliphatic rings. The monoisotopic (exact) mass is 371 g/mol. The predicted molar refractivity (Wildman–Crippen MR) is 111 cm³/mol. The summed E-state index contributed by atoms with van der Waals surface area (Å²) >= 11 is 0. The molecule has 3 aromatic rings. The van der Waals surface area contributed by atoms with E-state index >= 15 is 0 Å². The molecule has 28 heavy (non-hydrogen) atoms. The van der Waals surface area contributed by atoms with Crippen LogP contribution in [0.4, 0.5) is 11.4 Å². The zero-order valence-corrected chi connectivity index (χ0v) is 15.7. The zero-order chi connectivity index (χ0) is 20.1. The summed E-state index contributed by atoms with van der Waals surface area (Å²) in [6.07, 6.45) is 1.52. The molecule has 0 saturated heterocycles. The van der Waals surface area contributed by atoms with Crippen LogP contribution in [0, 0.1) is 18.3 Å². The van der Waals surface area contributed by atoms with Crippen molar-refractivity contribution in [2.45, 2.75) is 20.0 Å². The summed E-state index contributed by atoms with van der Waals surface area (Å²) in [5.74, 6) is -0.140. The lowest BCUT2D eigenvalue weighted by molar-refractivity contribution is 0.408. The quantitative estimate of drug-likeness (QED) is 0.658. The minimum Gasteiger partial charge on any atom is -0.494 e. The number of hydrogen-bond donors (Lipinski definition) is 1. The fourth-order valence-electron chi connectivity index (χ4n) is 3.20. The molecule has 140 valence electrons. The molecule has 1 heterocycles. The van der Waals surface area contributed by atoms with Crippen molar-refractivity contribution in [2.24, 2.45) is 0 Å². The Morgan fingerprint density at radius 2 is 1.64 bits per heavy atom. The number of hydrogen-bond acceptors (Lipinski definition) is 4. The summed E-state index contributed by atoms with van der Waals surface area (Å²) in [7, 11) is 0. The van der Waals surface area contributed by atoms with Crippen molar-refractivity contribution in [1.82, 2.24) is 4.57 Å². The summed E-state index contributed by atoms with van der Waals surface area (Å²) in [5.41, 5.74) is 2.43. The van der Waals surface area contributed by atoms with Crippen LogP contribution in [0.25, 0.3) is 0 Å². The number of nitrogens with zero attached hydrogens (tertiary/aromatic N) is 3. The number of pyridine rings is 1. The number of anilines is 2. The minimum atomic E-state index is -0.507. The smallest absolute Gasteiger partial charge is 0.271 e. The third kappa shape index (κ3) is 3.53. The second kappa shape index (κ2) is 8.28. The maximum atomic E-state index is 12.5. The molecule has 0 fully saturated rings. The molecular formula is C23H21N3O2. The van der Waals surface area contributed by atoms with Crippen molar-refractivity contribution in [2.75, 3.05) is 4.90 Å². The molecule has 5 heteroatoms. The van der Waals surface area contributed by atoms with Gasteiger partial charge in [0.15, 0.2) is 5.88 Å². The molecule has 0 amide bonds. The van der Waals surface area contributed by atoms with Crippen LogP contribution in [0.2, 0.25) is 0 Å². The fraction of sp³-hybridized carbons (Fsp3) is 0.130. The first-order chi connectivity index (χ1) is 13.6. The van der Waals surface area contributed by atoms with Gasteiger partial charge in [0.25, 0.3) is 5.56 Å². The van der Waals surface area contributed by atoms with E-state index in [-0.39, 0.29) is 18.0 Å². The van der Waals surface area contributed by atoms with Crippen LogP contribution < -0.4 is 10.5 Å². The highest BCUT2D eigenvalue weighted by atomic mass is 16.3. The maximum Gasteiger partial charge on any atom is 0.271 e. The minimum absolute atomic E-state index is 0.0377. The van der Waals surface area contributed by atoms with Crippen LogP contribution in [0.15, 0.2) is 78.1 Å². The largest absolute Gasteiger partial charge is 0.494 e. The standard InChI is InChI=1S/C23H21N3O2/c1-3-14-25-22(27)20(15-24)17(2)21(23(25)28)16-26(18-10-6-4-7-11-18)19-12-8-5-9-13-19/h3-13,28H,1,14,16H2,2H3. The van der Waals surface area contributed by atoms with Gasteiger partial charge in [-0.15, -0.1) is 6.58 Å². The second-order valence-corrected chi connectivity index (χ2v) is 6.38. The molecule has 0 radical (unpaired) electrons. The van der Waals surface area contributed by atoms with Crippen molar-refractivity contribution >= 4 is 11.4 Å². The highest BCUT2D eigenvalue weighted by molar-refractivity contribution is 5.64. The molecule has 1 N–H and O–H groups in total. The molecule has 0 spiro atoms. The van der Waals surface area contributed by atoms with E-state index in [0.717, 1.165) is 11.4 Å². The summed E-state index contributed by atoms with van der Waals surface area (Å²) in [6.45, 7) is 5.77. The normalized spacial score (nSPS) is 10.3. The van der Waals surface area contributed by atoms with Gasteiger partial charge in [-0.25, -0.2) is 0 Å². The molecule has 0 bridgehead atoms. The number of nitriles is 1. The average molecular weight is 371 g/mol. The van der Waals surface area contributed by atoms with Crippen molar-refractivity contribution in [3.05, 3.63) is 100 Å². The van der Waals surface area contributed by atoms with Gasteiger partial charge < -0.3 is 10.0 Å². The van der Waals surface area contributed by atoms with E-state index in [0.29, 0.717) is 17.7 Å². The Morgan fingerprint density at radius 3 is 2.11 bits per heavy atom. The van der Waals surface area contributed by atoms with Gasteiger partial charge in [-0.1, -0.05) is 42.5 Å². The third-order valence-corrected chi connectivity index (χ3v) is 4.69. The maximum absolute atomic E-state index is 12.5. The Labute approximate surface area is 164 Å². The Kier molecular flexibility index (Phi) is 5.61. The van der Waals surface area contributed by atoms with E-state index in [2.05, 4.69) is 6.58 Å². The highest BCUT2D eigenvalue weighted by Crippen LogP contribution is 2.31. The van der Waals surface area contributed by atoms with Crippen LogP contribution in [0.5, 0.6) is 5.88 Å². The van der Waals surface area contributed by atoms with E-state index < -0.39 is 5.56 Å². The Bertz CT molecular complexity index is 1040. The van der Waals surface area contributed by atoms with Crippen LogP contribution in [0.1, 0.15) is 16.7 Å². The van der Waals surface area contributed by atoms with Crippen LogP contribution in [0.3, 0.4) is 0 Å². The SMILES string of the molecule is C=CCn1c(O)c(CN(c2ccccc2)c2ccccc2)c(C)c(C#N)c1=O. The van der Waals surface area contributed by atoms with Gasteiger partial charge in [0.2, 0.25) is 0 Å². The first kappa shape index (κ1) is 19.0. The van der Waals surface area contributed by atoms with Crippen LogP contribution in [-0.4, -0.2) is 9.67 Å². The molecule has 0 saturated carbocycles. The summed E-state index contributed by atoms with van der Waals surface area (Å²) in [5, 5.41) is 20.3. The summed E-state index contributed by atoms with van der Waals surface area (Å²) < 4.78 is 1.18. The van der Waals surface area contributed by atoms with Gasteiger partial charge in [0, 0.05) is 23.5 Å². The van der Waals surface area contributed by atoms with Crippen LogP contribution in [-0.2, 0) is 13.1 Å². The second-order valence-electron chi connectivity index (χ2n) is 6.38. The number of para-hydroxylation sites is 2. The fourth-order valence-corrected chi connectivity index (χ4v) is 3.20. The lowest BCUT2D eigenvalue weighted by Crippen LogP contribution is -2.27. The summed E-state index contributed by atoms with van der Waals surface area (Å²) in [6, 6.07) is 21.5. The first-order valence-corrected chi connectivity index (χ1v) is 8.92. The number of allylic oxidation sites excluding steroid dienone is 1. The molecule has 0 aliphatic carbocycles. The van der Waals surface area contributed by atoms with Gasteiger partial charge in [0.05, 0.1) is 6.54 Å². The van der Waals surface area contributed by atoms with Crippen molar-refractivity contribution < 1.29 is 5.11 Å². The number of rotatable bonds is 6. The van der Waals surface area contributed by atoms with Gasteiger partial charge in [-0.05, 0) is 36.8 Å². The molecule has 1 aromatic heterocycles. The highest BCUT2D eigenvalue weighted by Gasteiger charge is 2.21. The lowest BCUT2D eigenvalue weighted by atomic mass is 10.0. The van der Waals surface area contributed by atoms with Crippen molar-refractivity contribution in [3.8, 4) is 11.9 Å². The van der Waals surface area contributed by atoms with Gasteiger partial charge >= 0.3 is 0 Å². The van der Waals surface area contributed by atoms with Crippen LogP contribution >= 0.6 is 0 Å². The van der Waals surface area contributed by atoms with Crippen molar-refractivity contribution in [1.29, 1.82) is 5.26 Å². The van der Waals surface area contributed by atoms with Gasteiger partial charge in [-0.2, -0.15) is 5.26 Å². The molecule has 0 aliphatic heterocycles.